The molecule has 3 aromatic carbocycles. The first-order valence-electron chi connectivity index (χ1n) is 10.5. The minimum absolute atomic E-state index is 0.0366. The van der Waals surface area contributed by atoms with E-state index >= 15 is 0 Å². The van der Waals surface area contributed by atoms with Crippen molar-refractivity contribution in [2.45, 2.75) is 25.5 Å². The first kappa shape index (κ1) is 21.4. The van der Waals surface area contributed by atoms with E-state index in [2.05, 4.69) is 29.6 Å². The smallest absolute Gasteiger partial charge is 0.407 e. The van der Waals surface area contributed by atoms with Crippen LogP contribution in [0.25, 0.3) is 11.1 Å². The number of hydrogen-bond donors (Lipinski definition) is 1. The molecule has 1 aliphatic carbocycles. The third-order valence-electron chi connectivity index (χ3n) is 5.57. The maximum Gasteiger partial charge on any atom is 0.407 e. The highest BCUT2D eigenvalue weighted by atomic mass is 16.6. The summed E-state index contributed by atoms with van der Waals surface area (Å²) in [4.78, 5) is 24.6. The molecule has 164 valence electrons. The van der Waals surface area contributed by atoms with Gasteiger partial charge in [0.05, 0.1) is 7.11 Å². The molecule has 6 nitrogen and oxygen atoms in total. The highest BCUT2D eigenvalue weighted by Crippen LogP contribution is 2.44. The first-order chi connectivity index (χ1) is 15.6. The van der Waals surface area contributed by atoms with Crippen molar-refractivity contribution in [1.29, 1.82) is 0 Å². The van der Waals surface area contributed by atoms with Gasteiger partial charge in [0.2, 0.25) is 0 Å². The number of amides is 1. The Bertz CT molecular complexity index is 1060. The molecule has 1 N–H and O–H groups in total. The van der Waals surface area contributed by atoms with Gasteiger partial charge in [-0.15, -0.1) is 0 Å². The van der Waals surface area contributed by atoms with Gasteiger partial charge in [0, 0.05) is 5.92 Å². The lowest BCUT2D eigenvalue weighted by Gasteiger charge is -2.17. The van der Waals surface area contributed by atoms with Crippen molar-refractivity contribution < 1.29 is 23.8 Å². The lowest BCUT2D eigenvalue weighted by Crippen LogP contribution is -2.40. The molecule has 1 atom stereocenters. The Morgan fingerprint density at radius 2 is 1.47 bits per heavy atom. The minimum atomic E-state index is -0.830. The average Bonchev–Trinajstić information content (AvgIpc) is 3.15. The number of methoxy groups -OCH3 is 1. The molecule has 4 rings (SSSR count). The molecular weight excluding hydrogens is 406 g/mol. The zero-order chi connectivity index (χ0) is 22.5. The number of nitrogens with one attached hydrogen (secondary N) is 1. The average molecular weight is 431 g/mol. The maximum absolute atomic E-state index is 12.3. The molecule has 0 saturated carbocycles. The summed E-state index contributed by atoms with van der Waals surface area (Å²) in [5, 5.41) is 2.55. The number of alkyl carbamates (subject to hydrolysis) is 1. The van der Waals surface area contributed by atoms with Crippen LogP contribution in [0.3, 0.4) is 0 Å². The van der Waals surface area contributed by atoms with Crippen LogP contribution >= 0.6 is 0 Å². The molecule has 32 heavy (non-hydrogen) atoms. The Balaban J connectivity index is 1.29. The molecule has 0 heterocycles. The molecule has 0 bridgehead atoms. The fourth-order valence-corrected chi connectivity index (χ4v) is 3.88. The number of carbonyl (C=O) groups excluding carboxylic acids is 2. The number of fused-ring (bicyclic) bond motifs is 3. The van der Waals surface area contributed by atoms with Crippen LogP contribution < -0.4 is 10.1 Å². The molecule has 0 unspecified atom stereocenters. The van der Waals surface area contributed by atoms with Crippen molar-refractivity contribution in [3.63, 3.8) is 0 Å². The van der Waals surface area contributed by atoms with Gasteiger partial charge in [-0.05, 0) is 46.9 Å². The minimum Gasteiger partial charge on any atom is -0.497 e. The summed E-state index contributed by atoms with van der Waals surface area (Å²) < 4.78 is 15.9. The first-order valence-corrected chi connectivity index (χ1v) is 10.5. The quantitative estimate of drug-likeness (QED) is 0.551. The van der Waals surface area contributed by atoms with E-state index < -0.39 is 18.1 Å². The largest absolute Gasteiger partial charge is 0.497 e. The van der Waals surface area contributed by atoms with Gasteiger partial charge in [-0.3, -0.25) is 0 Å². The van der Waals surface area contributed by atoms with Crippen LogP contribution in [0.1, 0.15) is 29.5 Å². The molecule has 1 aliphatic rings. The van der Waals surface area contributed by atoms with E-state index in [0.29, 0.717) is 0 Å². The van der Waals surface area contributed by atoms with Gasteiger partial charge in [0.1, 0.15) is 25.0 Å². The molecule has 1 amide bonds. The summed E-state index contributed by atoms with van der Waals surface area (Å²) in [6.07, 6.45) is -0.652. The lowest BCUT2D eigenvalue weighted by molar-refractivity contribution is -0.146. The van der Waals surface area contributed by atoms with E-state index in [1.165, 1.54) is 0 Å². The standard InChI is InChI=1S/C26H25NO5/c1-17(25(28)31-15-18-11-13-19(30-2)14-12-18)27-26(29)32-16-24-22-9-5-3-7-20(22)21-8-4-6-10-23(21)24/h3-14,17,24H,15-16H2,1-2H3,(H,27,29)/t17-/m1/s1. The molecule has 0 radical (unpaired) electrons. The van der Waals surface area contributed by atoms with Crippen LogP contribution in [0.2, 0.25) is 0 Å². The number of benzene rings is 3. The second-order valence-corrected chi connectivity index (χ2v) is 7.65. The SMILES string of the molecule is COc1ccc(COC(=O)[C@@H](C)NC(=O)OCC2c3ccccc3-c3ccccc32)cc1. The molecular formula is C26H25NO5. The van der Waals surface area contributed by atoms with Gasteiger partial charge in [0.25, 0.3) is 0 Å². The van der Waals surface area contributed by atoms with Crippen LogP contribution in [0.4, 0.5) is 4.79 Å². The Morgan fingerprint density at radius 1 is 0.875 bits per heavy atom. The van der Waals surface area contributed by atoms with E-state index in [-0.39, 0.29) is 19.1 Å². The molecule has 6 heteroatoms. The number of rotatable bonds is 7. The summed E-state index contributed by atoms with van der Waals surface area (Å²) in [5.41, 5.74) is 5.41. The van der Waals surface area contributed by atoms with Crippen molar-refractivity contribution in [2.75, 3.05) is 13.7 Å². The Morgan fingerprint density at radius 3 is 2.06 bits per heavy atom. The molecule has 3 aromatic rings. The molecule has 0 spiro atoms. The maximum atomic E-state index is 12.3. The second kappa shape index (κ2) is 9.56. The van der Waals surface area contributed by atoms with Gasteiger partial charge >= 0.3 is 12.1 Å². The fraction of sp³-hybridized carbons (Fsp3) is 0.231. The molecule has 0 saturated heterocycles. The van der Waals surface area contributed by atoms with Gasteiger partial charge < -0.3 is 19.5 Å². The predicted molar refractivity (Wildman–Crippen MR) is 120 cm³/mol. The summed E-state index contributed by atoms with van der Waals surface area (Å²) in [6.45, 7) is 1.87. The van der Waals surface area contributed by atoms with Gasteiger partial charge in [-0.2, -0.15) is 0 Å². The van der Waals surface area contributed by atoms with Crippen molar-refractivity contribution in [1.82, 2.24) is 5.32 Å². The monoisotopic (exact) mass is 431 g/mol. The van der Waals surface area contributed by atoms with Crippen LogP contribution in [-0.2, 0) is 20.9 Å². The highest BCUT2D eigenvalue weighted by Gasteiger charge is 2.29. The zero-order valence-electron chi connectivity index (χ0n) is 18.0. The fourth-order valence-electron chi connectivity index (χ4n) is 3.88. The summed E-state index contributed by atoms with van der Waals surface area (Å²) in [6, 6.07) is 22.6. The van der Waals surface area contributed by atoms with Gasteiger partial charge in [-0.25, -0.2) is 9.59 Å². The van der Waals surface area contributed by atoms with Crippen molar-refractivity contribution in [3.05, 3.63) is 89.5 Å². The Hall–Kier alpha value is -3.80. The summed E-state index contributed by atoms with van der Waals surface area (Å²) in [7, 11) is 1.59. The van der Waals surface area contributed by atoms with Crippen LogP contribution in [0, 0.1) is 0 Å². The molecule has 0 aromatic heterocycles. The highest BCUT2D eigenvalue weighted by molar-refractivity contribution is 5.81. The van der Waals surface area contributed by atoms with E-state index in [9.17, 15) is 9.59 Å². The van der Waals surface area contributed by atoms with Crippen molar-refractivity contribution in [3.8, 4) is 16.9 Å². The van der Waals surface area contributed by atoms with E-state index in [4.69, 9.17) is 14.2 Å². The summed E-state index contributed by atoms with van der Waals surface area (Å²) >= 11 is 0. The van der Waals surface area contributed by atoms with Crippen molar-refractivity contribution in [2.24, 2.45) is 0 Å². The van der Waals surface area contributed by atoms with Crippen LogP contribution in [-0.4, -0.2) is 31.8 Å². The molecule has 0 aliphatic heterocycles. The van der Waals surface area contributed by atoms with E-state index in [1.54, 1.807) is 26.2 Å². The normalized spacial score (nSPS) is 12.9. The number of carbonyl (C=O) groups is 2. The van der Waals surface area contributed by atoms with Gasteiger partial charge in [0.15, 0.2) is 0 Å². The van der Waals surface area contributed by atoms with E-state index in [1.807, 2.05) is 36.4 Å². The summed E-state index contributed by atoms with van der Waals surface area (Å²) in [5.74, 6) is 0.158. The lowest BCUT2D eigenvalue weighted by atomic mass is 9.98. The third kappa shape index (κ3) is 4.59. The Labute approximate surface area is 187 Å². The zero-order valence-corrected chi connectivity index (χ0v) is 18.0. The number of hydrogen-bond acceptors (Lipinski definition) is 5. The van der Waals surface area contributed by atoms with Gasteiger partial charge in [-0.1, -0.05) is 60.7 Å². The molecule has 0 fully saturated rings. The Kier molecular flexibility index (Phi) is 6.40. The number of esters is 1. The van der Waals surface area contributed by atoms with Crippen LogP contribution in [0.15, 0.2) is 72.8 Å². The van der Waals surface area contributed by atoms with Crippen molar-refractivity contribution >= 4 is 12.1 Å². The van der Waals surface area contributed by atoms with Crippen LogP contribution in [0.5, 0.6) is 5.75 Å². The predicted octanol–water partition coefficient (Wildman–Crippen LogP) is 4.67. The third-order valence-corrected chi connectivity index (χ3v) is 5.57. The second-order valence-electron chi connectivity index (χ2n) is 7.65. The number of ether oxygens (including phenoxy) is 3. The topological polar surface area (TPSA) is 73.9 Å². The van der Waals surface area contributed by atoms with E-state index in [0.717, 1.165) is 33.6 Å².